The summed E-state index contributed by atoms with van der Waals surface area (Å²) in [5, 5.41) is 20.4. The number of Topliss-reactive ketones (excluding diaryl/α,β-unsaturated/α-hetero) is 1. The molecule has 8 heteroatoms. The fourth-order valence-electron chi connectivity index (χ4n) is 3.89. The molecule has 0 radical (unpaired) electrons. The lowest BCUT2D eigenvalue weighted by molar-refractivity contribution is -0.132. The summed E-state index contributed by atoms with van der Waals surface area (Å²) in [5.74, 6) is -0.913. The molecule has 0 bridgehead atoms. The van der Waals surface area contributed by atoms with Crippen LogP contribution in [0.4, 0.5) is 5.69 Å². The van der Waals surface area contributed by atoms with Crippen LogP contribution in [0.1, 0.15) is 36.8 Å². The first kappa shape index (κ1) is 22.7. The number of hydrogen-bond donors (Lipinski definition) is 1. The van der Waals surface area contributed by atoms with Crippen molar-refractivity contribution in [3.05, 3.63) is 83.3 Å². The van der Waals surface area contributed by atoms with Gasteiger partial charge in [-0.1, -0.05) is 0 Å². The molecule has 4 rings (SSSR count). The van der Waals surface area contributed by atoms with Gasteiger partial charge in [-0.15, -0.1) is 0 Å². The number of rotatable bonds is 7. The lowest BCUT2D eigenvalue weighted by Crippen LogP contribution is -2.29. The summed E-state index contributed by atoms with van der Waals surface area (Å²) in [7, 11) is 0. The molecule has 1 unspecified atom stereocenters. The molecule has 1 amide bonds. The van der Waals surface area contributed by atoms with Crippen molar-refractivity contribution in [1.82, 2.24) is 0 Å². The number of aliphatic hydroxyl groups excluding tert-OH is 1. The molecule has 34 heavy (non-hydrogen) atoms. The van der Waals surface area contributed by atoms with Crippen molar-refractivity contribution in [2.24, 2.45) is 0 Å². The number of carbonyl (C=O) groups is 2. The normalized spacial score (nSPS) is 17.0. The fraction of sp³-hybridized carbons (Fsp3) is 0.192. The molecule has 3 aromatic rings. The zero-order valence-electron chi connectivity index (χ0n) is 18.6. The Morgan fingerprint density at radius 3 is 2.44 bits per heavy atom. The van der Waals surface area contributed by atoms with Crippen molar-refractivity contribution < 1.29 is 28.6 Å². The van der Waals surface area contributed by atoms with Gasteiger partial charge in [-0.2, -0.15) is 5.26 Å². The molecule has 1 N–H and O–H groups in total. The standard InChI is InChI=1S/C26H22N2O6/c1-3-32-18-11-12-19(21(14-18)33-4-2)24(29)22-23(20-6-5-13-34-20)28(26(31)25(22)30)17-9-7-16(15-27)8-10-17/h5-14,23,29H,3-4H2,1-2H3/b24-22-. The highest BCUT2D eigenvalue weighted by Gasteiger charge is 2.48. The maximum absolute atomic E-state index is 13.2. The number of ketones is 1. The zero-order chi connectivity index (χ0) is 24.2. The summed E-state index contributed by atoms with van der Waals surface area (Å²) in [6.07, 6.45) is 1.43. The van der Waals surface area contributed by atoms with E-state index in [1.807, 2.05) is 13.0 Å². The van der Waals surface area contributed by atoms with E-state index >= 15 is 0 Å². The minimum Gasteiger partial charge on any atom is -0.507 e. The Hall–Kier alpha value is -4.51. The average molecular weight is 458 g/mol. The van der Waals surface area contributed by atoms with Gasteiger partial charge in [0.25, 0.3) is 11.7 Å². The van der Waals surface area contributed by atoms with Crippen LogP contribution in [-0.2, 0) is 9.59 Å². The lowest BCUT2D eigenvalue weighted by Gasteiger charge is -2.23. The molecule has 1 aromatic heterocycles. The molecule has 1 aliphatic rings. The third kappa shape index (κ3) is 3.99. The maximum atomic E-state index is 13.2. The van der Waals surface area contributed by atoms with Gasteiger partial charge < -0.3 is 19.0 Å². The molecule has 1 fully saturated rings. The molecule has 0 aliphatic carbocycles. The molecule has 1 aliphatic heterocycles. The Morgan fingerprint density at radius 1 is 1.09 bits per heavy atom. The van der Waals surface area contributed by atoms with Gasteiger partial charge in [0, 0.05) is 11.8 Å². The summed E-state index contributed by atoms with van der Waals surface area (Å²) >= 11 is 0. The Labute approximate surface area is 196 Å². The highest BCUT2D eigenvalue weighted by molar-refractivity contribution is 6.51. The summed E-state index contributed by atoms with van der Waals surface area (Å²) < 4.78 is 16.8. The van der Waals surface area contributed by atoms with E-state index in [4.69, 9.17) is 19.2 Å². The smallest absolute Gasteiger partial charge is 0.300 e. The monoisotopic (exact) mass is 458 g/mol. The number of furan rings is 1. The van der Waals surface area contributed by atoms with E-state index < -0.39 is 17.7 Å². The predicted octanol–water partition coefficient (Wildman–Crippen LogP) is 4.57. The van der Waals surface area contributed by atoms with E-state index in [1.54, 1.807) is 61.5 Å². The van der Waals surface area contributed by atoms with Crippen LogP contribution in [0.5, 0.6) is 11.5 Å². The SMILES string of the molecule is CCOc1ccc(/C(O)=C2/C(=O)C(=O)N(c3ccc(C#N)cc3)C2c2ccco2)c(OCC)c1. The number of ether oxygens (including phenoxy) is 2. The topological polar surface area (TPSA) is 113 Å². The minimum absolute atomic E-state index is 0.130. The van der Waals surface area contributed by atoms with E-state index in [0.29, 0.717) is 41.7 Å². The van der Waals surface area contributed by atoms with E-state index in [2.05, 4.69) is 0 Å². The van der Waals surface area contributed by atoms with Crippen LogP contribution >= 0.6 is 0 Å². The summed E-state index contributed by atoms with van der Waals surface area (Å²) in [4.78, 5) is 27.6. The van der Waals surface area contributed by atoms with E-state index in [9.17, 15) is 14.7 Å². The quantitative estimate of drug-likeness (QED) is 0.313. The first-order valence-electron chi connectivity index (χ1n) is 10.7. The van der Waals surface area contributed by atoms with Gasteiger partial charge in [-0.3, -0.25) is 14.5 Å². The van der Waals surface area contributed by atoms with Crippen LogP contribution in [0.2, 0.25) is 0 Å². The number of benzene rings is 2. The van der Waals surface area contributed by atoms with Crippen LogP contribution in [0.3, 0.4) is 0 Å². The molecule has 172 valence electrons. The van der Waals surface area contributed by atoms with Crippen LogP contribution in [0.15, 0.2) is 70.9 Å². The third-order valence-electron chi connectivity index (χ3n) is 5.35. The minimum atomic E-state index is -1.01. The number of carbonyl (C=O) groups excluding carboxylic acids is 2. The van der Waals surface area contributed by atoms with E-state index in [0.717, 1.165) is 0 Å². The summed E-state index contributed by atoms with van der Waals surface area (Å²) in [6.45, 7) is 4.41. The molecule has 0 spiro atoms. The van der Waals surface area contributed by atoms with Crippen LogP contribution < -0.4 is 14.4 Å². The first-order valence-corrected chi connectivity index (χ1v) is 10.7. The van der Waals surface area contributed by atoms with Crippen molar-refractivity contribution in [1.29, 1.82) is 5.26 Å². The van der Waals surface area contributed by atoms with Gasteiger partial charge in [0.15, 0.2) is 0 Å². The molecular formula is C26H22N2O6. The van der Waals surface area contributed by atoms with Gasteiger partial charge in [0.1, 0.15) is 29.1 Å². The van der Waals surface area contributed by atoms with Gasteiger partial charge in [-0.05, 0) is 62.4 Å². The number of nitrogens with zero attached hydrogens (tertiary/aromatic N) is 2. The number of nitriles is 1. The van der Waals surface area contributed by atoms with Crippen LogP contribution in [0.25, 0.3) is 5.76 Å². The number of amides is 1. The Balaban J connectivity index is 1.89. The van der Waals surface area contributed by atoms with Gasteiger partial charge in [0.05, 0.1) is 42.2 Å². The van der Waals surface area contributed by atoms with Crippen LogP contribution in [-0.4, -0.2) is 30.0 Å². The number of aliphatic hydroxyl groups is 1. The lowest BCUT2D eigenvalue weighted by atomic mass is 9.98. The third-order valence-corrected chi connectivity index (χ3v) is 5.35. The predicted molar refractivity (Wildman–Crippen MR) is 123 cm³/mol. The van der Waals surface area contributed by atoms with E-state index in [-0.39, 0.29) is 16.9 Å². The second-order valence-electron chi connectivity index (χ2n) is 7.37. The molecule has 2 aromatic carbocycles. The van der Waals surface area contributed by atoms with E-state index in [1.165, 1.54) is 11.2 Å². The molecule has 1 atom stereocenters. The van der Waals surface area contributed by atoms with Gasteiger partial charge in [0.2, 0.25) is 0 Å². The van der Waals surface area contributed by atoms with Crippen molar-refractivity contribution in [2.45, 2.75) is 19.9 Å². The number of hydrogen-bond acceptors (Lipinski definition) is 7. The second kappa shape index (κ2) is 9.55. The summed E-state index contributed by atoms with van der Waals surface area (Å²) in [6, 6.07) is 15.4. The number of anilines is 1. The second-order valence-corrected chi connectivity index (χ2v) is 7.37. The summed E-state index contributed by atoms with van der Waals surface area (Å²) in [5.41, 5.74) is 0.915. The van der Waals surface area contributed by atoms with Crippen molar-refractivity contribution >= 4 is 23.1 Å². The van der Waals surface area contributed by atoms with Crippen molar-refractivity contribution in [3.63, 3.8) is 0 Å². The first-order chi connectivity index (χ1) is 16.5. The molecule has 0 saturated carbocycles. The van der Waals surface area contributed by atoms with Gasteiger partial charge in [-0.25, -0.2) is 0 Å². The largest absolute Gasteiger partial charge is 0.507 e. The highest BCUT2D eigenvalue weighted by atomic mass is 16.5. The average Bonchev–Trinajstić information content (AvgIpc) is 3.46. The molecule has 8 nitrogen and oxygen atoms in total. The molecular weight excluding hydrogens is 436 g/mol. The Morgan fingerprint density at radius 2 is 1.82 bits per heavy atom. The van der Waals surface area contributed by atoms with Gasteiger partial charge >= 0.3 is 0 Å². The van der Waals surface area contributed by atoms with Crippen LogP contribution in [0, 0.1) is 11.3 Å². The zero-order valence-corrected chi connectivity index (χ0v) is 18.6. The van der Waals surface area contributed by atoms with Crippen molar-refractivity contribution in [3.8, 4) is 17.6 Å². The Bertz CT molecular complexity index is 1290. The van der Waals surface area contributed by atoms with Crippen molar-refractivity contribution in [2.75, 3.05) is 18.1 Å². The molecule has 2 heterocycles. The molecule has 1 saturated heterocycles. The fourth-order valence-corrected chi connectivity index (χ4v) is 3.89. The highest BCUT2D eigenvalue weighted by Crippen LogP contribution is 2.43. The maximum Gasteiger partial charge on any atom is 0.300 e. The Kier molecular flexibility index (Phi) is 6.37.